The van der Waals surface area contributed by atoms with Crippen molar-refractivity contribution in [3.05, 3.63) is 47.7 Å². The number of phenols is 1. The van der Waals surface area contributed by atoms with Gasteiger partial charge in [-0.15, -0.1) is 0 Å². The molecule has 4 aromatic rings. The molecule has 1 fully saturated rings. The molecule has 9 heteroatoms. The number of aromatic nitrogens is 3. The normalized spacial score (nSPS) is 13.3. The standard InChI is InChI=1S/C24H22F2N4O2.C2H6O/c1-3-15-18(25)7-6-13-10-14(31)11-16(19(13)15)21-20(26)22-17(12-27-21)23(29-24(28-22)32-2)30-8-4-5-9-30;1-2-3/h6-7,10-12,31H,3-5,8-9H2,1-2H3;3H,2H2,1H3. The number of aliphatic hydroxyl groups excluding tert-OH is 1. The molecular weight excluding hydrogens is 454 g/mol. The fraction of sp³-hybridized carbons (Fsp3) is 0.346. The summed E-state index contributed by atoms with van der Waals surface area (Å²) >= 11 is 0. The first-order valence-electron chi connectivity index (χ1n) is 11.6. The van der Waals surface area contributed by atoms with Crippen molar-refractivity contribution >= 4 is 27.5 Å². The fourth-order valence-electron chi connectivity index (χ4n) is 4.50. The zero-order valence-electron chi connectivity index (χ0n) is 20.0. The Bertz CT molecular complexity index is 1370. The van der Waals surface area contributed by atoms with Crippen LogP contribution < -0.4 is 9.64 Å². The van der Waals surface area contributed by atoms with E-state index in [-0.39, 0.29) is 35.4 Å². The zero-order chi connectivity index (χ0) is 25.1. The molecule has 0 unspecified atom stereocenters. The van der Waals surface area contributed by atoms with E-state index in [2.05, 4.69) is 19.9 Å². The number of methoxy groups -OCH3 is 1. The molecule has 2 aromatic heterocycles. The number of hydrogen-bond acceptors (Lipinski definition) is 7. The van der Waals surface area contributed by atoms with Crippen molar-refractivity contribution in [3.8, 4) is 23.0 Å². The van der Waals surface area contributed by atoms with E-state index in [1.807, 2.05) is 6.92 Å². The van der Waals surface area contributed by atoms with Crippen LogP contribution in [0.3, 0.4) is 0 Å². The average Bonchev–Trinajstić information content (AvgIpc) is 3.39. The SMILES string of the molecule is CCO.CCc1c(F)ccc2cc(O)cc(-c3ncc4c(N5CCCC5)nc(OC)nc4c3F)c12. The molecule has 0 atom stereocenters. The molecule has 184 valence electrons. The summed E-state index contributed by atoms with van der Waals surface area (Å²) in [5.41, 5.74) is 0.828. The lowest BCUT2D eigenvalue weighted by atomic mass is 9.94. The molecule has 1 saturated heterocycles. The Morgan fingerprint density at radius 2 is 1.80 bits per heavy atom. The molecule has 5 rings (SSSR count). The van der Waals surface area contributed by atoms with Gasteiger partial charge in [0.15, 0.2) is 5.82 Å². The molecule has 2 aromatic carbocycles. The van der Waals surface area contributed by atoms with Crippen molar-refractivity contribution in [2.24, 2.45) is 0 Å². The molecule has 7 nitrogen and oxygen atoms in total. The quantitative estimate of drug-likeness (QED) is 0.423. The van der Waals surface area contributed by atoms with E-state index in [0.717, 1.165) is 25.9 Å². The lowest BCUT2D eigenvalue weighted by molar-refractivity contribution is 0.318. The van der Waals surface area contributed by atoms with Crippen LogP contribution in [-0.2, 0) is 6.42 Å². The fourth-order valence-corrected chi connectivity index (χ4v) is 4.50. The average molecular weight is 483 g/mol. The summed E-state index contributed by atoms with van der Waals surface area (Å²) in [5, 5.41) is 19.5. The third kappa shape index (κ3) is 4.55. The van der Waals surface area contributed by atoms with Gasteiger partial charge < -0.3 is 19.8 Å². The monoisotopic (exact) mass is 482 g/mol. The first-order chi connectivity index (χ1) is 16.9. The number of aliphatic hydroxyl groups is 1. The number of benzene rings is 2. The zero-order valence-corrected chi connectivity index (χ0v) is 20.0. The Balaban J connectivity index is 0.000000917. The molecule has 0 radical (unpaired) electrons. The summed E-state index contributed by atoms with van der Waals surface area (Å²) in [5.74, 6) is -0.515. The van der Waals surface area contributed by atoms with Crippen LogP contribution in [0, 0.1) is 11.6 Å². The number of ether oxygens (including phenoxy) is 1. The second-order valence-electron chi connectivity index (χ2n) is 8.20. The Morgan fingerprint density at radius 1 is 1.09 bits per heavy atom. The van der Waals surface area contributed by atoms with E-state index < -0.39 is 5.82 Å². The van der Waals surface area contributed by atoms with Gasteiger partial charge in [-0.2, -0.15) is 9.97 Å². The first-order valence-corrected chi connectivity index (χ1v) is 11.6. The number of aryl methyl sites for hydroxylation is 1. The van der Waals surface area contributed by atoms with E-state index in [9.17, 15) is 9.50 Å². The molecule has 1 aliphatic rings. The minimum Gasteiger partial charge on any atom is -0.508 e. The molecule has 0 amide bonds. The number of aromatic hydroxyl groups is 1. The number of phenolic OH excluding ortho intramolecular Hbond substituents is 1. The maximum atomic E-state index is 15.9. The molecule has 35 heavy (non-hydrogen) atoms. The smallest absolute Gasteiger partial charge is 0.318 e. The highest BCUT2D eigenvalue weighted by Gasteiger charge is 2.24. The molecule has 0 bridgehead atoms. The van der Waals surface area contributed by atoms with Crippen LogP contribution in [0.2, 0.25) is 0 Å². The lowest BCUT2D eigenvalue weighted by Crippen LogP contribution is -2.20. The van der Waals surface area contributed by atoms with Crippen LogP contribution in [0.15, 0.2) is 30.5 Å². The van der Waals surface area contributed by atoms with Crippen molar-refractivity contribution in [2.75, 3.05) is 31.7 Å². The van der Waals surface area contributed by atoms with Crippen molar-refractivity contribution < 1.29 is 23.7 Å². The van der Waals surface area contributed by atoms with Gasteiger partial charge in [-0.05, 0) is 60.7 Å². The van der Waals surface area contributed by atoms with Gasteiger partial charge in [0, 0.05) is 31.5 Å². The van der Waals surface area contributed by atoms with Crippen LogP contribution in [0.1, 0.15) is 32.3 Å². The highest BCUT2D eigenvalue weighted by Crippen LogP contribution is 2.39. The summed E-state index contributed by atoms with van der Waals surface area (Å²) in [7, 11) is 1.44. The molecule has 0 spiro atoms. The van der Waals surface area contributed by atoms with Crippen molar-refractivity contribution in [1.82, 2.24) is 15.0 Å². The van der Waals surface area contributed by atoms with Crippen LogP contribution in [0.4, 0.5) is 14.6 Å². The van der Waals surface area contributed by atoms with Gasteiger partial charge >= 0.3 is 6.01 Å². The van der Waals surface area contributed by atoms with Crippen molar-refractivity contribution in [3.63, 3.8) is 0 Å². The molecule has 1 aliphatic heterocycles. The number of rotatable bonds is 4. The Hall–Kier alpha value is -3.59. The lowest BCUT2D eigenvalue weighted by Gasteiger charge is -2.19. The summed E-state index contributed by atoms with van der Waals surface area (Å²) in [4.78, 5) is 15.2. The van der Waals surface area contributed by atoms with Crippen molar-refractivity contribution in [1.29, 1.82) is 0 Å². The van der Waals surface area contributed by atoms with Gasteiger partial charge in [-0.1, -0.05) is 13.0 Å². The van der Waals surface area contributed by atoms with Gasteiger partial charge in [-0.3, -0.25) is 4.98 Å². The number of nitrogens with zero attached hydrogens (tertiary/aromatic N) is 4. The minimum absolute atomic E-state index is 0.00757. The summed E-state index contributed by atoms with van der Waals surface area (Å²) in [6, 6.07) is 5.94. The van der Waals surface area contributed by atoms with E-state index in [0.29, 0.717) is 39.5 Å². The van der Waals surface area contributed by atoms with E-state index >= 15 is 4.39 Å². The second-order valence-corrected chi connectivity index (χ2v) is 8.20. The summed E-state index contributed by atoms with van der Waals surface area (Å²) in [6.07, 6.45) is 4.01. The number of pyridine rings is 1. The van der Waals surface area contributed by atoms with Crippen molar-refractivity contribution in [2.45, 2.75) is 33.1 Å². The molecular formula is C26H28F2N4O3. The van der Waals surface area contributed by atoms with E-state index in [1.165, 1.54) is 25.3 Å². The highest BCUT2D eigenvalue weighted by molar-refractivity contribution is 6.01. The predicted octanol–water partition coefficient (Wildman–Crippen LogP) is 5.00. The highest BCUT2D eigenvalue weighted by atomic mass is 19.1. The summed E-state index contributed by atoms with van der Waals surface area (Å²) in [6.45, 7) is 5.39. The maximum absolute atomic E-state index is 15.9. The number of halogens is 2. The topological polar surface area (TPSA) is 91.6 Å². The van der Waals surface area contributed by atoms with Crippen LogP contribution in [0.25, 0.3) is 32.9 Å². The number of fused-ring (bicyclic) bond motifs is 2. The van der Waals surface area contributed by atoms with Gasteiger partial charge in [0.05, 0.1) is 12.5 Å². The van der Waals surface area contributed by atoms with Gasteiger partial charge in [-0.25, -0.2) is 8.78 Å². The molecule has 3 heterocycles. The van der Waals surface area contributed by atoms with E-state index in [1.54, 1.807) is 19.2 Å². The first kappa shape index (κ1) is 24.5. The maximum Gasteiger partial charge on any atom is 0.318 e. The van der Waals surface area contributed by atoms with Gasteiger partial charge in [0.1, 0.15) is 28.6 Å². The molecule has 2 N–H and O–H groups in total. The number of anilines is 1. The van der Waals surface area contributed by atoms with Crippen LogP contribution >= 0.6 is 0 Å². The molecule has 0 saturated carbocycles. The predicted molar refractivity (Wildman–Crippen MR) is 132 cm³/mol. The third-order valence-electron chi connectivity index (χ3n) is 5.99. The van der Waals surface area contributed by atoms with Gasteiger partial charge in [0.2, 0.25) is 0 Å². The minimum atomic E-state index is -0.665. The Kier molecular flexibility index (Phi) is 7.25. The Labute approximate surface area is 202 Å². The van der Waals surface area contributed by atoms with E-state index in [4.69, 9.17) is 9.84 Å². The number of hydrogen-bond donors (Lipinski definition) is 2. The largest absolute Gasteiger partial charge is 0.508 e. The van der Waals surface area contributed by atoms with Gasteiger partial charge in [0.25, 0.3) is 0 Å². The second kappa shape index (κ2) is 10.4. The summed E-state index contributed by atoms with van der Waals surface area (Å²) < 4.78 is 35.7. The molecule has 0 aliphatic carbocycles. The van der Waals surface area contributed by atoms with Crippen LogP contribution in [-0.4, -0.2) is 52.0 Å². The Morgan fingerprint density at radius 3 is 2.46 bits per heavy atom. The van der Waals surface area contributed by atoms with Crippen LogP contribution in [0.5, 0.6) is 11.8 Å². The third-order valence-corrected chi connectivity index (χ3v) is 5.99.